The first kappa shape index (κ1) is 22.8. The molecule has 1 aliphatic heterocycles. The van der Waals surface area contributed by atoms with Crippen LogP contribution in [0.15, 0.2) is 66.4 Å². The van der Waals surface area contributed by atoms with Gasteiger partial charge in [-0.2, -0.15) is 0 Å². The first-order valence-corrected chi connectivity index (χ1v) is 10.5. The Morgan fingerprint density at radius 2 is 1.59 bits per heavy atom. The molecule has 1 aliphatic rings. The van der Waals surface area contributed by atoms with E-state index in [0.29, 0.717) is 45.1 Å². The highest BCUT2D eigenvalue weighted by atomic mass is 16.5. The van der Waals surface area contributed by atoms with E-state index in [1.54, 1.807) is 80.8 Å². The van der Waals surface area contributed by atoms with Crippen molar-refractivity contribution >= 4 is 23.6 Å². The Bertz CT molecular complexity index is 1290. The smallest absolute Gasteiger partial charge is 0.337 e. The zero-order valence-corrected chi connectivity index (χ0v) is 18.9. The first-order chi connectivity index (χ1) is 16.4. The van der Waals surface area contributed by atoms with Gasteiger partial charge in [0.15, 0.2) is 18.1 Å². The number of benzene rings is 3. The van der Waals surface area contributed by atoms with Crippen LogP contribution < -0.4 is 14.2 Å². The van der Waals surface area contributed by atoms with Crippen molar-refractivity contribution in [1.29, 1.82) is 0 Å². The lowest BCUT2D eigenvalue weighted by atomic mass is 10.1. The predicted molar refractivity (Wildman–Crippen MR) is 125 cm³/mol. The molecule has 7 heteroatoms. The number of Topliss-reactive ketones (excluding diaryl/α,β-unsaturated/α-hetero) is 2. The van der Waals surface area contributed by atoms with E-state index in [0.717, 1.165) is 0 Å². The maximum Gasteiger partial charge on any atom is 0.337 e. The van der Waals surface area contributed by atoms with E-state index in [-0.39, 0.29) is 23.9 Å². The second-order valence-corrected chi connectivity index (χ2v) is 7.56. The summed E-state index contributed by atoms with van der Waals surface area (Å²) >= 11 is 0. The summed E-state index contributed by atoms with van der Waals surface area (Å²) in [6.07, 6.45) is 1.61. The summed E-state index contributed by atoms with van der Waals surface area (Å²) in [4.78, 5) is 36.9. The van der Waals surface area contributed by atoms with E-state index in [9.17, 15) is 14.4 Å². The molecule has 1 heterocycles. The summed E-state index contributed by atoms with van der Waals surface area (Å²) in [5.41, 5.74) is 2.66. The van der Waals surface area contributed by atoms with E-state index in [1.165, 1.54) is 7.11 Å². The van der Waals surface area contributed by atoms with Crippen LogP contribution in [0, 0.1) is 6.92 Å². The number of ketones is 2. The minimum Gasteiger partial charge on any atom is -0.497 e. The molecule has 0 amide bonds. The maximum absolute atomic E-state index is 12.8. The number of hydrogen-bond acceptors (Lipinski definition) is 7. The largest absolute Gasteiger partial charge is 0.497 e. The van der Waals surface area contributed by atoms with E-state index < -0.39 is 5.97 Å². The van der Waals surface area contributed by atoms with Gasteiger partial charge in [0.2, 0.25) is 5.78 Å². The normalized spacial score (nSPS) is 13.3. The third-order valence-corrected chi connectivity index (χ3v) is 5.44. The van der Waals surface area contributed by atoms with Crippen molar-refractivity contribution in [2.24, 2.45) is 0 Å². The summed E-state index contributed by atoms with van der Waals surface area (Å²) < 4.78 is 21.4. The molecule has 0 bridgehead atoms. The van der Waals surface area contributed by atoms with Crippen LogP contribution in [-0.4, -0.2) is 38.4 Å². The van der Waals surface area contributed by atoms with Gasteiger partial charge in [-0.15, -0.1) is 0 Å². The van der Waals surface area contributed by atoms with E-state index in [1.807, 2.05) is 0 Å². The van der Waals surface area contributed by atoms with Gasteiger partial charge in [-0.1, -0.05) is 12.1 Å². The molecule has 0 saturated carbocycles. The van der Waals surface area contributed by atoms with Crippen LogP contribution in [-0.2, 0) is 4.74 Å². The topological polar surface area (TPSA) is 88.1 Å². The maximum atomic E-state index is 12.8. The molecule has 0 saturated heterocycles. The Labute approximate surface area is 196 Å². The predicted octanol–water partition coefficient (Wildman–Crippen LogP) is 4.67. The van der Waals surface area contributed by atoms with Gasteiger partial charge in [-0.3, -0.25) is 9.59 Å². The fourth-order valence-corrected chi connectivity index (χ4v) is 3.51. The van der Waals surface area contributed by atoms with Crippen molar-refractivity contribution in [3.63, 3.8) is 0 Å². The molecule has 0 unspecified atom stereocenters. The summed E-state index contributed by atoms with van der Waals surface area (Å²) in [5.74, 6) is 0.807. The van der Waals surface area contributed by atoms with Gasteiger partial charge in [-0.05, 0) is 67.1 Å². The molecule has 0 aliphatic carbocycles. The SMILES string of the molecule is COC(=O)c1ccc(/C=C2\Oc3c(ccc(OCC(=O)c4ccc(OC)cc4)c3C)C2=O)cc1. The van der Waals surface area contributed by atoms with Crippen molar-refractivity contribution in [3.05, 3.63) is 94.2 Å². The highest BCUT2D eigenvalue weighted by molar-refractivity contribution is 6.15. The van der Waals surface area contributed by atoms with E-state index in [4.69, 9.17) is 18.9 Å². The Morgan fingerprint density at radius 1 is 0.912 bits per heavy atom. The van der Waals surface area contributed by atoms with Crippen molar-refractivity contribution in [1.82, 2.24) is 0 Å². The Balaban J connectivity index is 1.48. The third kappa shape index (κ3) is 4.54. The Kier molecular flexibility index (Phi) is 6.45. The summed E-state index contributed by atoms with van der Waals surface area (Å²) in [5, 5.41) is 0. The van der Waals surface area contributed by atoms with Crippen LogP contribution >= 0.6 is 0 Å². The number of carbonyl (C=O) groups is 3. The Morgan fingerprint density at radius 3 is 2.24 bits per heavy atom. The molecule has 34 heavy (non-hydrogen) atoms. The monoisotopic (exact) mass is 458 g/mol. The molecular weight excluding hydrogens is 436 g/mol. The molecule has 0 spiro atoms. The average Bonchev–Trinajstić information content (AvgIpc) is 3.19. The van der Waals surface area contributed by atoms with Crippen molar-refractivity contribution in [2.75, 3.05) is 20.8 Å². The van der Waals surface area contributed by atoms with Gasteiger partial charge < -0.3 is 18.9 Å². The Hall–Kier alpha value is -4.39. The van der Waals surface area contributed by atoms with Crippen molar-refractivity contribution in [2.45, 2.75) is 6.92 Å². The van der Waals surface area contributed by atoms with Crippen LogP contribution in [0.5, 0.6) is 17.2 Å². The molecule has 172 valence electrons. The van der Waals surface area contributed by atoms with Crippen LogP contribution in [0.3, 0.4) is 0 Å². The van der Waals surface area contributed by atoms with Gasteiger partial charge in [-0.25, -0.2) is 4.79 Å². The number of carbonyl (C=O) groups excluding carboxylic acids is 3. The first-order valence-electron chi connectivity index (χ1n) is 10.5. The van der Waals surface area contributed by atoms with Crippen LogP contribution in [0.1, 0.15) is 42.2 Å². The number of hydrogen-bond donors (Lipinski definition) is 0. The van der Waals surface area contributed by atoms with Gasteiger partial charge in [0.05, 0.1) is 25.3 Å². The fraction of sp³-hybridized carbons (Fsp3) is 0.148. The molecular formula is C27H22O7. The molecule has 0 fully saturated rings. The number of methoxy groups -OCH3 is 2. The fourth-order valence-electron chi connectivity index (χ4n) is 3.51. The van der Waals surface area contributed by atoms with Crippen LogP contribution in [0.25, 0.3) is 6.08 Å². The lowest BCUT2D eigenvalue weighted by Crippen LogP contribution is -2.12. The third-order valence-electron chi connectivity index (χ3n) is 5.44. The standard InChI is InChI=1S/C27H22O7/c1-16-23(33-15-22(28)18-8-10-20(31-2)11-9-18)13-12-21-25(29)24(34-26(16)21)14-17-4-6-19(7-5-17)27(30)32-3/h4-14H,15H2,1-3H3/b24-14-. The number of esters is 1. The number of fused-ring (bicyclic) bond motifs is 1. The number of allylic oxidation sites excluding steroid dienone is 1. The summed E-state index contributed by atoms with van der Waals surface area (Å²) in [6, 6.07) is 16.7. The molecule has 3 aromatic carbocycles. The minimum absolute atomic E-state index is 0.158. The van der Waals surface area contributed by atoms with Crippen LogP contribution in [0.2, 0.25) is 0 Å². The highest BCUT2D eigenvalue weighted by Crippen LogP contribution is 2.39. The lowest BCUT2D eigenvalue weighted by Gasteiger charge is -2.11. The van der Waals surface area contributed by atoms with E-state index >= 15 is 0 Å². The zero-order valence-electron chi connectivity index (χ0n) is 18.9. The molecule has 0 N–H and O–H groups in total. The second-order valence-electron chi connectivity index (χ2n) is 7.56. The average molecular weight is 458 g/mol. The highest BCUT2D eigenvalue weighted by Gasteiger charge is 2.30. The van der Waals surface area contributed by atoms with Gasteiger partial charge in [0.1, 0.15) is 17.2 Å². The van der Waals surface area contributed by atoms with Crippen molar-refractivity contribution < 1.29 is 33.3 Å². The minimum atomic E-state index is -0.437. The molecule has 0 radical (unpaired) electrons. The number of rotatable bonds is 7. The van der Waals surface area contributed by atoms with E-state index in [2.05, 4.69) is 0 Å². The quantitative estimate of drug-likeness (QED) is 0.289. The molecule has 0 aromatic heterocycles. The van der Waals surface area contributed by atoms with Crippen molar-refractivity contribution in [3.8, 4) is 17.2 Å². The van der Waals surface area contributed by atoms with Gasteiger partial charge >= 0.3 is 5.97 Å². The van der Waals surface area contributed by atoms with Gasteiger partial charge in [0.25, 0.3) is 0 Å². The second kappa shape index (κ2) is 9.62. The molecule has 0 atom stereocenters. The molecule has 7 nitrogen and oxygen atoms in total. The number of ether oxygens (including phenoxy) is 4. The summed E-state index contributed by atoms with van der Waals surface area (Å²) in [7, 11) is 2.88. The molecule has 3 aromatic rings. The zero-order chi connectivity index (χ0) is 24.2. The molecule has 4 rings (SSSR count). The van der Waals surface area contributed by atoms with Crippen LogP contribution in [0.4, 0.5) is 0 Å². The lowest BCUT2D eigenvalue weighted by molar-refractivity contribution is 0.0600. The summed E-state index contributed by atoms with van der Waals surface area (Å²) in [6.45, 7) is 1.61. The van der Waals surface area contributed by atoms with Gasteiger partial charge in [0, 0.05) is 11.1 Å².